The van der Waals surface area contributed by atoms with Crippen LogP contribution in [0.2, 0.25) is 0 Å². The number of piperidine rings is 1. The third kappa shape index (κ3) is 3.07. The van der Waals surface area contributed by atoms with E-state index in [1.807, 2.05) is 13.0 Å². The Morgan fingerprint density at radius 1 is 1.29 bits per heavy atom. The minimum atomic E-state index is -1.04. The SMILES string of the molecule is Cc1cc2ncnn2cc1Nc1ncc2c(n1)n(C1CCCCN1C(=O)O)c(=O)n2C. The number of likely N-dealkylation sites (tertiary alicyclic amines) is 1. The lowest BCUT2D eigenvalue weighted by Crippen LogP contribution is -2.43. The average molecular weight is 423 g/mol. The van der Waals surface area contributed by atoms with Gasteiger partial charge in [0.1, 0.15) is 18.0 Å². The van der Waals surface area contributed by atoms with Gasteiger partial charge in [0.05, 0.1) is 18.1 Å². The molecular formula is C19H21N9O3. The van der Waals surface area contributed by atoms with Crippen molar-refractivity contribution >= 4 is 34.5 Å². The van der Waals surface area contributed by atoms with Crippen LogP contribution in [0.5, 0.6) is 0 Å². The minimum absolute atomic E-state index is 0.298. The molecule has 4 aromatic heterocycles. The van der Waals surface area contributed by atoms with E-state index in [0.29, 0.717) is 30.1 Å². The summed E-state index contributed by atoms with van der Waals surface area (Å²) in [6.07, 6.45) is 5.36. The van der Waals surface area contributed by atoms with Crippen LogP contribution in [0.25, 0.3) is 16.8 Å². The second kappa shape index (κ2) is 7.07. The number of anilines is 2. The van der Waals surface area contributed by atoms with E-state index in [4.69, 9.17) is 0 Å². The first-order valence-electron chi connectivity index (χ1n) is 9.94. The number of carboxylic acid groups (broad SMARTS) is 1. The molecule has 0 aliphatic carbocycles. The van der Waals surface area contributed by atoms with Crippen molar-refractivity contribution in [3.05, 3.63) is 40.8 Å². The van der Waals surface area contributed by atoms with Gasteiger partial charge in [-0.1, -0.05) is 0 Å². The molecular weight excluding hydrogens is 402 g/mol. The molecule has 0 bridgehead atoms. The van der Waals surface area contributed by atoms with Crippen molar-refractivity contribution in [2.24, 2.45) is 7.05 Å². The highest BCUT2D eigenvalue weighted by molar-refractivity contribution is 5.74. The molecule has 31 heavy (non-hydrogen) atoms. The van der Waals surface area contributed by atoms with Gasteiger partial charge in [-0.3, -0.25) is 14.0 Å². The number of nitrogens with zero attached hydrogens (tertiary/aromatic N) is 8. The quantitative estimate of drug-likeness (QED) is 0.510. The average Bonchev–Trinajstić information content (AvgIpc) is 3.30. The number of fused-ring (bicyclic) bond motifs is 2. The van der Waals surface area contributed by atoms with Crippen molar-refractivity contribution in [3.8, 4) is 0 Å². The summed E-state index contributed by atoms with van der Waals surface area (Å²) in [4.78, 5) is 39.2. The van der Waals surface area contributed by atoms with Gasteiger partial charge >= 0.3 is 11.8 Å². The number of hydrogen-bond acceptors (Lipinski definition) is 7. The van der Waals surface area contributed by atoms with Crippen molar-refractivity contribution < 1.29 is 9.90 Å². The summed E-state index contributed by atoms with van der Waals surface area (Å²) in [6, 6.07) is 1.89. The van der Waals surface area contributed by atoms with Gasteiger partial charge in [0.2, 0.25) is 5.95 Å². The monoisotopic (exact) mass is 423 g/mol. The maximum atomic E-state index is 13.0. The molecule has 0 spiro atoms. The van der Waals surface area contributed by atoms with Crippen molar-refractivity contribution in [3.63, 3.8) is 0 Å². The first-order valence-corrected chi connectivity index (χ1v) is 9.94. The van der Waals surface area contributed by atoms with E-state index in [0.717, 1.165) is 29.7 Å². The number of aromatic nitrogens is 7. The van der Waals surface area contributed by atoms with E-state index in [-0.39, 0.29) is 5.69 Å². The van der Waals surface area contributed by atoms with Crippen LogP contribution in [0.4, 0.5) is 16.4 Å². The molecule has 0 radical (unpaired) electrons. The van der Waals surface area contributed by atoms with Crippen LogP contribution in [0.15, 0.2) is 29.6 Å². The summed E-state index contributed by atoms with van der Waals surface area (Å²) in [5.74, 6) is 0.298. The standard InChI is InChI=1S/C19H21N9O3/c1-11-7-14-21-10-22-27(14)9-12(11)23-17-20-8-13-16(24-17)28(18(29)25(13)2)15-5-3-4-6-26(15)19(30)31/h7-10,15H,3-6H2,1-2H3,(H,30,31)(H,20,23,24). The first kappa shape index (κ1) is 19.0. The van der Waals surface area contributed by atoms with Gasteiger partial charge in [0.25, 0.3) is 0 Å². The van der Waals surface area contributed by atoms with Gasteiger partial charge in [-0.25, -0.2) is 24.1 Å². The Bertz CT molecular complexity index is 1370. The van der Waals surface area contributed by atoms with Gasteiger partial charge < -0.3 is 10.4 Å². The van der Waals surface area contributed by atoms with E-state index >= 15 is 0 Å². The van der Waals surface area contributed by atoms with Gasteiger partial charge in [-0.05, 0) is 37.8 Å². The number of amides is 1. The fourth-order valence-corrected chi connectivity index (χ4v) is 4.08. The molecule has 1 aliphatic rings. The topological polar surface area (TPSA) is 135 Å². The van der Waals surface area contributed by atoms with Crippen molar-refractivity contribution in [1.82, 2.24) is 38.6 Å². The third-order valence-corrected chi connectivity index (χ3v) is 5.72. The van der Waals surface area contributed by atoms with Crippen molar-refractivity contribution in [2.75, 3.05) is 11.9 Å². The van der Waals surface area contributed by atoms with Crippen molar-refractivity contribution in [1.29, 1.82) is 0 Å². The number of pyridine rings is 1. The molecule has 12 nitrogen and oxygen atoms in total. The number of hydrogen-bond donors (Lipinski definition) is 2. The molecule has 12 heteroatoms. The largest absolute Gasteiger partial charge is 0.465 e. The predicted molar refractivity (Wildman–Crippen MR) is 111 cm³/mol. The van der Waals surface area contributed by atoms with Crippen LogP contribution in [0.3, 0.4) is 0 Å². The number of rotatable bonds is 3. The normalized spacial score (nSPS) is 16.8. The molecule has 5 heterocycles. The van der Waals surface area contributed by atoms with E-state index < -0.39 is 12.3 Å². The van der Waals surface area contributed by atoms with Crippen molar-refractivity contribution in [2.45, 2.75) is 32.4 Å². The maximum Gasteiger partial charge on any atom is 0.408 e. The lowest BCUT2D eigenvalue weighted by atomic mass is 10.1. The molecule has 1 aliphatic heterocycles. The van der Waals surface area contributed by atoms with Crippen LogP contribution in [-0.2, 0) is 7.05 Å². The Kier molecular flexibility index (Phi) is 4.34. The number of aryl methyl sites for hydroxylation is 2. The highest BCUT2D eigenvalue weighted by Gasteiger charge is 2.31. The summed E-state index contributed by atoms with van der Waals surface area (Å²) in [5, 5.41) is 16.9. The maximum absolute atomic E-state index is 13.0. The third-order valence-electron chi connectivity index (χ3n) is 5.72. The Balaban J connectivity index is 1.60. The fraction of sp³-hybridized carbons (Fsp3) is 0.368. The zero-order valence-corrected chi connectivity index (χ0v) is 17.1. The summed E-state index contributed by atoms with van der Waals surface area (Å²) in [5.41, 5.74) is 3.01. The predicted octanol–water partition coefficient (Wildman–Crippen LogP) is 1.89. The lowest BCUT2D eigenvalue weighted by molar-refractivity contribution is 0.0792. The smallest absolute Gasteiger partial charge is 0.408 e. The van der Waals surface area contributed by atoms with Crippen LogP contribution < -0.4 is 11.0 Å². The van der Waals surface area contributed by atoms with E-state index in [1.54, 1.807) is 24.0 Å². The molecule has 2 N–H and O–H groups in total. The van der Waals surface area contributed by atoms with Gasteiger partial charge in [0.15, 0.2) is 11.3 Å². The number of imidazole rings is 1. The summed E-state index contributed by atoms with van der Waals surface area (Å²) < 4.78 is 4.54. The van der Waals surface area contributed by atoms with E-state index in [1.165, 1.54) is 20.4 Å². The van der Waals surface area contributed by atoms with Crippen LogP contribution in [0, 0.1) is 6.92 Å². The minimum Gasteiger partial charge on any atom is -0.465 e. The van der Waals surface area contributed by atoms with E-state index in [9.17, 15) is 14.7 Å². The Labute approximate surface area is 175 Å². The summed E-state index contributed by atoms with van der Waals surface area (Å²) in [6.45, 7) is 2.32. The highest BCUT2D eigenvalue weighted by Crippen LogP contribution is 2.28. The van der Waals surface area contributed by atoms with Crippen LogP contribution in [0.1, 0.15) is 31.0 Å². The molecule has 5 rings (SSSR count). The zero-order chi connectivity index (χ0) is 21.7. The molecule has 160 valence electrons. The summed E-state index contributed by atoms with van der Waals surface area (Å²) in [7, 11) is 1.63. The van der Waals surface area contributed by atoms with Gasteiger partial charge in [0, 0.05) is 13.6 Å². The van der Waals surface area contributed by atoms with Gasteiger partial charge in [-0.2, -0.15) is 10.1 Å². The zero-order valence-electron chi connectivity index (χ0n) is 17.1. The number of carbonyl (C=O) groups is 1. The molecule has 1 unspecified atom stereocenters. The van der Waals surface area contributed by atoms with Gasteiger partial charge in [-0.15, -0.1) is 0 Å². The second-order valence-corrected chi connectivity index (χ2v) is 7.62. The molecule has 1 saturated heterocycles. The number of nitrogens with one attached hydrogen (secondary N) is 1. The Morgan fingerprint density at radius 3 is 2.94 bits per heavy atom. The molecule has 0 saturated carbocycles. The Hall–Kier alpha value is -3.96. The second-order valence-electron chi connectivity index (χ2n) is 7.62. The Morgan fingerprint density at radius 2 is 2.13 bits per heavy atom. The molecule has 1 amide bonds. The molecule has 4 aromatic rings. The summed E-state index contributed by atoms with van der Waals surface area (Å²) >= 11 is 0. The highest BCUT2D eigenvalue weighted by atomic mass is 16.4. The molecule has 0 aromatic carbocycles. The first-order chi connectivity index (χ1) is 14.9. The fourth-order valence-electron chi connectivity index (χ4n) is 4.08. The van der Waals surface area contributed by atoms with Crippen LogP contribution >= 0.6 is 0 Å². The van der Waals surface area contributed by atoms with E-state index in [2.05, 4.69) is 25.4 Å². The molecule has 1 fully saturated rings. The van der Waals surface area contributed by atoms with Crippen LogP contribution in [-0.4, -0.2) is 56.3 Å². The molecule has 1 atom stereocenters. The lowest BCUT2D eigenvalue weighted by Gasteiger charge is -2.33.